The number of sulfonamides is 1. The lowest BCUT2D eigenvalue weighted by atomic mass is 10.2. The Balaban J connectivity index is 1.82. The molecule has 0 saturated carbocycles. The molecule has 0 bridgehead atoms. The summed E-state index contributed by atoms with van der Waals surface area (Å²) in [6.45, 7) is 0.706. The summed E-state index contributed by atoms with van der Waals surface area (Å²) in [6, 6.07) is 10.7. The van der Waals surface area contributed by atoms with Crippen molar-refractivity contribution in [3.63, 3.8) is 0 Å². The minimum absolute atomic E-state index is 0.0245. The van der Waals surface area contributed by atoms with Crippen LogP contribution < -0.4 is 0 Å². The van der Waals surface area contributed by atoms with Crippen molar-refractivity contribution in [1.82, 2.24) is 8.87 Å². The van der Waals surface area contributed by atoms with Crippen LogP contribution in [0.4, 0.5) is 17.1 Å². The number of hydrogen-bond acceptors (Lipinski definition) is 7. The van der Waals surface area contributed by atoms with Crippen molar-refractivity contribution in [3.8, 4) is 5.88 Å². The van der Waals surface area contributed by atoms with Crippen LogP contribution in [-0.2, 0) is 17.1 Å². The largest absolute Gasteiger partial charge is 0.493 e. The number of aryl methyl sites for hydroxylation is 1. The second-order valence-electron chi connectivity index (χ2n) is 7.32. The second-order valence-corrected chi connectivity index (χ2v) is 9.23. The van der Waals surface area contributed by atoms with E-state index in [2.05, 4.69) is 10.2 Å². The van der Waals surface area contributed by atoms with Crippen LogP contribution in [0.1, 0.15) is 19.3 Å². The molecule has 3 aromatic rings. The number of aromatic hydroxyl groups is 1. The van der Waals surface area contributed by atoms with Crippen LogP contribution in [-0.4, -0.2) is 40.4 Å². The number of fused-ring (bicyclic) bond motifs is 1. The summed E-state index contributed by atoms with van der Waals surface area (Å²) in [5, 5.41) is 30.5. The number of para-hydroxylation sites is 1. The van der Waals surface area contributed by atoms with Gasteiger partial charge in [-0.25, -0.2) is 8.42 Å². The van der Waals surface area contributed by atoms with E-state index >= 15 is 0 Å². The molecule has 1 aliphatic heterocycles. The Hall–Kier alpha value is -3.31. The monoisotopic (exact) mass is 443 g/mol. The summed E-state index contributed by atoms with van der Waals surface area (Å²) in [5.41, 5.74) is 0.558. The lowest BCUT2D eigenvalue weighted by Gasteiger charge is -2.26. The fraction of sp³-hybridized carbons (Fsp3) is 0.300. The lowest BCUT2D eigenvalue weighted by molar-refractivity contribution is -0.385. The van der Waals surface area contributed by atoms with Crippen LogP contribution in [0.3, 0.4) is 0 Å². The molecule has 2 heterocycles. The van der Waals surface area contributed by atoms with Gasteiger partial charge >= 0.3 is 0 Å². The fourth-order valence-corrected chi connectivity index (χ4v) is 5.37. The topological polar surface area (TPSA) is 130 Å². The Morgan fingerprint density at radius 3 is 2.48 bits per heavy atom. The predicted octanol–water partition coefficient (Wildman–Crippen LogP) is 4.38. The second kappa shape index (κ2) is 8.08. The van der Waals surface area contributed by atoms with Crippen molar-refractivity contribution >= 4 is 38.0 Å². The highest BCUT2D eigenvalue weighted by atomic mass is 32.2. The first-order chi connectivity index (χ1) is 14.8. The Bertz CT molecular complexity index is 1290. The zero-order valence-electron chi connectivity index (χ0n) is 16.8. The van der Waals surface area contributed by atoms with Gasteiger partial charge in [0.1, 0.15) is 10.6 Å². The standard InChI is InChI=1S/C20H21N5O5S/c1-23-17-8-4-3-7-15(17)19(20(23)26)22-21-16-10-9-14(25(27)28)13-18(16)31(29,30)24-11-5-2-6-12-24/h3-4,7-10,13,26H,2,5-6,11-12H2,1H3. The number of piperidine rings is 1. The maximum absolute atomic E-state index is 13.2. The zero-order chi connectivity index (χ0) is 22.2. The summed E-state index contributed by atoms with van der Waals surface area (Å²) in [5.74, 6) is -0.118. The highest BCUT2D eigenvalue weighted by Crippen LogP contribution is 2.40. The highest BCUT2D eigenvalue weighted by Gasteiger charge is 2.30. The SMILES string of the molecule is Cn1c(O)c(N=Nc2ccc([N+](=O)[O-])cc2S(=O)(=O)N2CCCCC2)c2ccccc21. The molecule has 1 aliphatic rings. The van der Waals surface area contributed by atoms with Crippen LogP contribution in [0.5, 0.6) is 5.88 Å². The first-order valence-electron chi connectivity index (χ1n) is 9.77. The van der Waals surface area contributed by atoms with E-state index in [1.807, 2.05) is 12.1 Å². The lowest BCUT2D eigenvalue weighted by Crippen LogP contribution is -2.35. The third-order valence-electron chi connectivity index (χ3n) is 5.39. The Morgan fingerprint density at radius 1 is 1.06 bits per heavy atom. The van der Waals surface area contributed by atoms with E-state index in [1.165, 1.54) is 16.4 Å². The molecule has 2 aromatic carbocycles. The molecule has 0 aliphatic carbocycles. The summed E-state index contributed by atoms with van der Waals surface area (Å²) in [6.07, 6.45) is 2.40. The molecule has 31 heavy (non-hydrogen) atoms. The van der Waals surface area contributed by atoms with Gasteiger partial charge in [0, 0.05) is 37.7 Å². The van der Waals surface area contributed by atoms with Gasteiger partial charge in [0.25, 0.3) is 5.69 Å². The van der Waals surface area contributed by atoms with Crippen molar-refractivity contribution in [2.45, 2.75) is 24.2 Å². The quantitative estimate of drug-likeness (QED) is 0.355. The number of hydrogen-bond donors (Lipinski definition) is 1. The molecule has 1 aromatic heterocycles. The molecule has 1 fully saturated rings. The number of non-ortho nitro benzene ring substituents is 1. The summed E-state index contributed by atoms with van der Waals surface area (Å²) in [7, 11) is -2.32. The summed E-state index contributed by atoms with van der Waals surface area (Å²) >= 11 is 0. The van der Waals surface area contributed by atoms with Gasteiger partial charge in [-0.1, -0.05) is 24.6 Å². The molecule has 0 atom stereocenters. The molecule has 0 unspecified atom stereocenters. The normalized spacial score (nSPS) is 15.6. The van der Waals surface area contributed by atoms with Crippen LogP contribution in [0.15, 0.2) is 57.6 Å². The van der Waals surface area contributed by atoms with E-state index in [1.54, 1.807) is 23.7 Å². The molecule has 162 valence electrons. The van der Waals surface area contributed by atoms with E-state index in [4.69, 9.17) is 0 Å². The number of rotatable bonds is 5. The van der Waals surface area contributed by atoms with Gasteiger partial charge < -0.3 is 9.67 Å². The van der Waals surface area contributed by atoms with E-state index in [9.17, 15) is 23.6 Å². The number of nitrogens with zero attached hydrogens (tertiary/aromatic N) is 5. The third-order valence-corrected chi connectivity index (χ3v) is 7.32. The molecule has 10 nitrogen and oxygen atoms in total. The predicted molar refractivity (Wildman–Crippen MR) is 114 cm³/mol. The first kappa shape index (κ1) is 20.9. The van der Waals surface area contributed by atoms with Gasteiger partial charge in [-0.2, -0.15) is 4.31 Å². The van der Waals surface area contributed by atoms with Crippen LogP contribution in [0.25, 0.3) is 10.9 Å². The van der Waals surface area contributed by atoms with E-state index in [-0.39, 0.29) is 27.8 Å². The minimum atomic E-state index is -3.99. The Morgan fingerprint density at radius 2 is 1.77 bits per heavy atom. The Labute approximate surface area is 178 Å². The molecule has 0 amide bonds. The van der Waals surface area contributed by atoms with Gasteiger partial charge in [-0.05, 0) is 25.0 Å². The Kier molecular flexibility index (Phi) is 5.46. The van der Waals surface area contributed by atoms with Crippen LogP contribution in [0.2, 0.25) is 0 Å². The van der Waals surface area contributed by atoms with Gasteiger partial charge in [0.2, 0.25) is 15.9 Å². The van der Waals surface area contributed by atoms with Crippen LogP contribution in [0, 0.1) is 10.1 Å². The molecule has 1 N–H and O–H groups in total. The van der Waals surface area contributed by atoms with Gasteiger partial charge in [0.05, 0.1) is 10.4 Å². The number of nitro benzene ring substituents is 1. The molecule has 0 spiro atoms. The maximum atomic E-state index is 13.2. The number of aromatic nitrogens is 1. The summed E-state index contributed by atoms with van der Waals surface area (Å²) < 4.78 is 29.3. The minimum Gasteiger partial charge on any atom is -0.493 e. The van der Waals surface area contributed by atoms with E-state index in [0.29, 0.717) is 18.5 Å². The fourth-order valence-electron chi connectivity index (χ4n) is 3.71. The van der Waals surface area contributed by atoms with E-state index in [0.717, 1.165) is 30.8 Å². The van der Waals surface area contributed by atoms with Gasteiger partial charge in [-0.15, -0.1) is 10.2 Å². The van der Waals surface area contributed by atoms with Gasteiger partial charge in [0.15, 0.2) is 5.69 Å². The number of benzene rings is 2. The summed E-state index contributed by atoms with van der Waals surface area (Å²) in [4.78, 5) is 10.3. The molecule has 4 rings (SSSR count). The number of nitro groups is 1. The maximum Gasteiger partial charge on any atom is 0.270 e. The third kappa shape index (κ3) is 3.77. The molecule has 0 radical (unpaired) electrons. The average molecular weight is 443 g/mol. The average Bonchev–Trinajstić information content (AvgIpc) is 3.02. The van der Waals surface area contributed by atoms with Crippen molar-refractivity contribution in [3.05, 3.63) is 52.6 Å². The van der Waals surface area contributed by atoms with Crippen molar-refractivity contribution < 1.29 is 18.4 Å². The molecule has 1 saturated heterocycles. The smallest absolute Gasteiger partial charge is 0.270 e. The highest BCUT2D eigenvalue weighted by molar-refractivity contribution is 7.89. The first-order valence-corrected chi connectivity index (χ1v) is 11.2. The molecule has 11 heteroatoms. The van der Waals surface area contributed by atoms with Gasteiger partial charge in [-0.3, -0.25) is 10.1 Å². The van der Waals surface area contributed by atoms with E-state index < -0.39 is 14.9 Å². The van der Waals surface area contributed by atoms with Crippen molar-refractivity contribution in [2.24, 2.45) is 17.3 Å². The number of azo groups is 1. The van der Waals surface area contributed by atoms with Crippen LogP contribution >= 0.6 is 0 Å². The zero-order valence-corrected chi connectivity index (χ0v) is 17.6. The molecular weight excluding hydrogens is 422 g/mol. The van der Waals surface area contributed by atoms with Crippen molar-refractivity contribution in [1.29, 1.82) is 0 Å². The molecular formula is C20H21N5O5S. The van der Waals surface area contributed by atoms with Crippen molar-refractivity contribution in [2.75, 3.05) is 13.1 Å².